The zero-order valence-electron chi connectivity index (χ0n) is 10.1. The van der Waals surface area contributed by atoms with Crippen molar-refractivity contribution in [3.63, 3.8) is 0 Å². The van der Waals surface area contributed by atoms with Gasteiger partial charge in [0.1, 0.15) is 5.78 Å². The molecule has 0 heterocycles. The minimum absolute atomic E-state index is 0.339. The van der Waals surface area contributed by atoms with E-state index in [4.69, 9.17) is 4.74 Å². The van der Waals surface area contributed by atoms with Crippen LogP contribution in [0.1, 0.15) is 52.4 Å². The van der Waals surface area contributed by atoms with E-state index in [0.717, 1.165) is 31.8 Å². The van der Waals surface area contributed by atoms with Gasteiger partial charge in [-0.2, -0.15) is 0 Å². The van der Waals surface area contributed by atoms with Crippen LogP contribution < -0.4 is 0 Å². The highest BCUT2D eigenvalue weighted by molar-refractivity contribution is 5.81. The molecule has 0 aromatic rings. The molecule has 2 heteroatoms. The molecule has 0 amide bonds. The van der Waals surface area contributed by atoms with Crippen LogP contribution in [0.25, 0.3) is 0 Å². The Labute approximate surface area is 93.4 Å². The third-order valence-electron chi connectivity index (χ3n) is 3.31. The topological polar surface area (TPSA) is 26.3 Å². The fraction of sp³-hybridized carbons (Fsp3) is 0.923. The van der Waals surface area contributed by atoms with Crippen molar-refractivity contribution in [1.29, 1.82) is 0 Å². The number of carbonyl (C=O) groups is 1. The zero-order valence-corrected chi connectivity index (χ0v) is 10.1. The molecule has 1 fully saturated rings. The summed E-state index contributed by atoms with van der Waals surface area (Å²) in [7, 11) is 0. The molecule has 88 valence electrons. The van der Waals surface area contributed by atoms with Crippen molar-refractivity contribution in [2.75, 3.05) is 13.2 Å². The van der Waals surface area contributed by atoms with Gasteiger partial charge in [-0.1, -0.05) is 26.7 Å². The molecule has 1 rings (SSSR count). The Morgan fingerprint density at radius 3 is 2.47 bits per heavy atom. The normalized spacial score (nSPS) is 26.5. The van der Waals surface area contributed by atoms with Crippen molar-refractivity contribution in [1.82, 2.24) is 0 Å². The molecule has 2 nitrogen and oxygen atoms in total. The number of ketones is 1. The fourth-order valence-corrected chi connectivity index (χ4v) is 2.21. The molecule has 15 heavy (non-hydrogen) atoms. The third kappa shape index (κ3) is 4.78. The van der Waals surface area contributed by atoms with Gasteiger partial charge in [-0.3, -0.25) is 4.79 Å². The van der Waals surface area contributed by atoms with Gasteiger partial charge in [-0.25, -0.2) is 0 Å². The van der Waals surface area contributed by atoms with E-state index in [1.54, 1.807) is 0 Å². The monoisotopic (exact) mass is 212 g/mol. The van der Waals surface area contributed by atoms with Gasteiger partial charge in [-0.05, 0) is 25.2 Å². The molecule has 0 aromatic carbocycles. The van der Waals surface area contributed by atoms with Crippen LogP contribution in [0.15, 0.2) is 0 Å². The van der Waals surface area contributed by atoms with Gasteiger partial charge < -0.3 is 4.74 Å². The maximum Gasteiger partial charge on any atom is 0.138 e. The van der Waals surface area contributed by atoms with Crippen molar-refractivity contribution in [3.05, 3.63) is 0 Å². The summed E-state index contributed by atoms with van der Waals surface area (Å²) in [5.74, 6) is 1.59. The molecule has 0 spiro atoms. The lowest BCUT2D eigenvalue weighted by atomic mass is 9.80. The maximum absolute atomic E-state index is 11.8. The molecule has 1 aliphatic carbocycles. The highest BCUT2D eigenvalue weighted by Gasteiger charge is 2.23. The average Bonchev–Trinajstić information content (AvgIpc) is 2.25. The van der Waals surface area contributed by atoms with Crippen LogP contribution in [-0.4, -0.2) is 19.0 Å². The second-order valence-electron chi connectivity index (χ2n) is 4.79. The third-order valence-corrected chi connectivity index (χ3v) is 3.31. The molecule has 0 unspecified atom stereocenters. The van der Waals surface area contributed by atoms with E-state index in [9.17, 15) is 4.79 Å². The summed E-state index contributed by atoms with van der Waals surface area (Å²) in [4.78, 5) is 11.8. The predicted octanol–water partition coefficient (Wildman–Crippen LogP) is 3.20. The van der Waals surface area contributed by atoms with E-state index < -0.39 is 0 Å². The number of rotatable bonds is 6. The Morgan fingerprint density at radius 1 is 1.20 bits per heavy atom. The first-order valence-corrected chi connectivity index (χ1v) is 6.34. The van der Waals surface area contributed by atoms with E-state index in [1.165, 1.54) is 12.8 Å². The molecule has 1 aliphatic rings. The van der Waals surface area contributed by atoms with E-state index in [2.05, 4.69) is 13.8 Å². The molecular weight excluding hydrogens is 188 g/mol. The molecular formula is C13H24O2. The van der Waals surface area contributed by atoms with Crippen LogP contribution in [0.5, 0.6) is 0 Å². The first-order valence-electron chi connectivity index (χ1n) is 6.34. The molecule has 1 saturated carbocycles. The lowest BCUT2D eigenvalue weighted by molar-refractivity contribution is -0.125. The van der Waals surface area contributed by atoms with Gasteiger partial charge in [-0.15, -0.1) is 0 Å². The summed E-state index contributed by atoms with van der Waals surface area (Å²) in [6, 6.07) is 0. The SMILES string of the molecule is CCCOCCC(=O)C1CCC(C)CC1. The smallest absolute Gasteiger partial charge is 0.138 e. The predicted molar refractivity (Wildman–Crippen MR) is 61.9 cm³/mol. The Hall–Kier alpha value is -0.370. The molecule has 0 bridgehead atoms. The summed E-state index contributed by atoms with van der Waals surface area (Å²) >= 11 is 0. The van der Waals surface area contributed by atoms with Crippen LogP contribution in [0.4, 0.5) is 0 Å². The molecule has 0 atom stereocenters. The number of carbonyl (C=O) groups excluding carboxylic acids is 1. The van der Waals surface area contributed by atoms with Crippen molar-refractivity contribution in [2.24, 2.45) is 11.8 Å². The first-order chi connectivity index (χ1) is 7.24. The number of hydrogen-bond acceptors (Lipinski definition) is 2. The summed E-state index contributed by atoms with van der Waals surface area (Å²) in [5.41, 5.74) is 0. The first kappa shape index (κ1) is 12.7. The number of ether oxygens (including phenoxy) is 1. The summed E-state index contributed by atoms with van der Waals surface area (Å²) < 4.78 is 5.34. The van der Waals surface area contributed by atoms with Gasteiger partial charge in [0.15, 0.2) is 0 Å². The number of Topliss-reactive ketones (excluding diaryl/α,β-unsaturated/α-hetero) is 1. The van der Waals surface area contributed by atoms with Gasteiger partial charge in [0.25, 0.3) is 0 Å². The van der Waals surface area contributed by atoms with Crippen LogP contribution >= 0.6 is 0 Å². The van der Waals surface area contributed by atoms with Gasteiger partial charge >= 0.3 is 0 Å². The Balaban J connectivity index is 2.11. The highest BCUT2D eigenvalue weighted by Crippen LogP contribution is 2.29. The molecule has 0 N–H and O–H groups in total. The second kappa shape index (κ2) is 7.00. The summed E-state index contributed by atoms with van der Waals surface area (Å²) in [5, 5.41) is 0. The van der Waals surface area contributed by atoms with Crippen LogP contribution in [0, 0.1) is 11.8 Å². The number of hydrogen-bond donors (Lipinski definition) is 0. The van der Waals surface area contributed by atoms with Gasteiger partial charge in [0.05, 0.1) is 6.61 Å². The minimum atomic E-state index is 0.339. The average molecular weight is 212 g/mol. The quantitative estimate of drug-likeness (QED) is 0.632. The molecule has 0 saturated heterocycles. The minimum Gasteiger partial charge on any atom is -0.381 e. The Bertz CT molecular complexity index is 181. The van der Waals surface area contributed by atoms with Crippen LogP contribution in [0.3, 0.4) is 0 Å². The van der Waals surface area contributed by atoms with Crippen LogP contribution in [0.2, 0.25) is 0 Å². The fourth-order valence-electron chi connectivity index (χ4n) is 2.21. The molecule has 0 radical (unpaired) electrons. The van der Waals surface area contributed by atoms with E-state index in [1.807, 2.05) is 0 Å². The van der Waals surface area contributed by atoms with Crippen molar-refractivity contribution < 1.29 is 9.53 Å². The van der Waals surface area contributed by atoms with Crippen molar-refractivity contribution in [2.45, 2.75) is 52.4 Å². The lowest BCUT2D eigenvalue weighted by Gasteiger charge is -2.24. The highest BCUT2D eigenvalue weighted by atomic mass is 16.5. The van der Waals surface area contributed by atoms with E-state index >= 15 is 0 Å². The molecule has 0 aliphatic heterocycles. The van der Waals surface area contributed by atoms with E-state index in [0.29, 0.717) is 24.7 Å². The van der Waals surface area contributed by atoms with E-state index in [-0.39, 0.29) is 0 Å². The lowest BCUT2D eigenvalue weighted by Crippen LogP contribution is -2.21. The van der Waals surface area contributed by atoms with Gasteiger partial charge in [0, 0.05) is 18.9 Å². The zero-order chi connectivity index (χ0) is 11.1. The Morgan fingerprint density at radius 2 is 1.87 bits per heavy atom. The molecule has 0 aromatic heterocycles. The maximum atomic E-state index is 11.8. The van der Waals surface area contributed by atoms with Crippen LogP contribution in [-0.2, 0) is 9.53 Å². The van der Waals surface area contributed by atoms with Crippen molar-refractivity contribution >= 4 is 5.78 Å². The summed E-state index contributed by atoms with van der Waals surface area (Å²) in [6.07, 6.45) is 6.33. The standard InChI is InChI=1S/C13H24O2/c1-3-9-15-10-8-13(14)12-6-4-11(2)5-7-12/h11-12H,3-10H2,1-2H3. The van der Waals surface area contributed by atoms with Gasteiger partial charge in [0.2, 0.25) is 0 Å². The van der Waals surface area contributed by atoms with Crippen molar-refractivity contribution in [3.8, 4) is 0 Å². The largest absolute Gasteiger partial charge is 0.381 e. The Kier molecular flexibility index (Phi) is 5.92. The second-order valence-corrected chi connectivity index (χ2v) is 4.79. The summed E-state index contributed by atoms with van der Waals surface area (Å²) in [6.45, 7) is 5.78.